The van der Waals surface area contributed by atoms with Crippen molar-refractivity contribution in [2.75, 3.05) is 7.11 Å². The fourth-order valence-electron chi connectivity index (χ4n) is 14.3. The molecule has 1 saturated carbocycles. The van der Waals surface area contributed by atoms with Gasteiger partial charge in [0, 0.05) is 38.1 Å². The fraction of sp³-hybridized carbons (Fsp3) is 0.315. The van der Waals surface area contributed by atoms with Crippen molar-refractivity contribution >= 4 is 39.3 Å². The Labute approximate surface area is 468 Å². The molecule has 0 aromatic heterocycles. The average Bonchev–Trinajstić information content (AvgIpc) is 4.00. The SMILES string of the molecule is C=Cc1ccc(CC[Si](C)(C)C(C)(CC)O[Si](C)(C)C(C)(CC)Cc2ccc(C3(c4ccc(OC)cc4)C=Cc4c5c(c6ccccc6c4O3)-c3ccccc3C53CCC(c4ccccc4)(c4ccccc4)CC3)cc2)cc1. The second-order valence-corrected chi connectivity index (χ2v) is 34.5. The summed E-state index contributed by atoms with van der Waals surface area (Å²) in [5, 5.41) is 2.25. The molecule has 0 N–H and O–H groups in total. The summed E-state index contributed by atoms with van der Waals surface area (Å²) < 4.78 is 21.5. The van der Waals surface area contributed by atoms with Crippen LogP contribution in [0, 0.1) is 0 Å². The first kappa shape index (κ1) is 53.5. The van der Waals surface area contributed by atoms with Gasteiger partial charge >= 0.3 is 0 Å². The zero-order chi connectivity index (χ0) is 54.6. The number of hydrogen-bond donors (Lipinski definition) is 0. The third kappa shape index (κ3) is 8.89. The first-order valence-corrected chi connectivity index (χ1v) is 35.0. The molecule has 1 fully saturated rings. The lowest BCUT2D eigenvalue weighted by Gasteiger charge is -2.52. The van der Waals surface area contributed by atoms with Gasteiger partial charge in [0.25, 0.3) is 0 Å². The molecule has 78 heavy (non-hydrogen) atoms. The Morgan fingerprint density at radius 3 is 1.74 bits per heavy atom. The van der Waals surface area contributed by atoms with E-state index in [1.807, 2.05) is 6.08 Å². The Kier molecular flexibility index (Phi) is 14.1. The van der Waals surface area contributed by atoms with E-state index in [4.69, 9.17) is 13.9 Å². The summed E-state index contributed by atoms with van der Waals surface area (Å²) in [6, 6.07) is 69.0. The molecule has 1 spiro atoms. The molecule has 3 nitrogen and oxygen atoms in total. The highest BCUT2D eigenvalue weighted by molar-refractivity contribution is 6.82. The molecule has 0 bridgehead atoms. The summed E-state index contributed by atoms with van der Waals surface area (Å²) in [5.41, 5.74) is 14.5. The van der Waals surface area contributed by atoms with Gasteiger partial charge in [0.2, 0.25) is 0 Å². The second kappa shape index (κ2) is 20.6. The minimum Gasteiger partial charge on any atom is -0.497 e. The van der Waals surface area contributed by atoms with E-state index in [9.17, 15) is 0 Å². The molecule has 5 heteroatoms. The fourth-order valence-corrected chi connectivity index (χ4v) is 21.6. The highest BCUT2D eigenvalue weighted by Gasteiger charge is 2.54. The number of aryl methyl sites for hydroxylation is 1. The van der Waals surface area contributed by atoms with Gasteiger partial charge in [-0.15, -0.1) is 0 Å². The maximum atomic E-state index is 7.95. The van der Waals surface area contributed by atoms with Gasteiger partial charge in [-0.2, -0.15) is 0 Å². The third-order valence-electron chi connectivity index (χ3n) is 20.3. The van der Waals surface area contributed by atoms with Crippen LogP contribution in [0.3, 0.4) is 0 Å². The molecule has 3 atom stereocenters. The van der Waals surface area contributed by atoms with Crippen molar-refractivity contribution in [2.45, 2.75) is 138 Å². The highest BCUT2D eigenvalue weighted by Crippen LogP contribution is 2.65. The van der Waals surface area contributed by atoms with Gasteiger partial charge in [-0.25, -0.2) is 0 Å². The predicted octanol–water partition coefficient (Wildman–Crippen LogP) is 19.3. The van der Waals surface area contributed by atoms with Crippen LogP contribution in [-0.4, -0.2) is 28.7 Å². The van der Waals surface area contributed by atoms with Gasteiger partial charge in [0.15, 0.2) is 13.9 Å². The standard InChI is InChI=1S/C73H80O3Si2/c1-11-53-32-34-54(35-33-53)45-51-77(7,8)70(5,13-3)76-78(9,10)69(4,12-2)52-55-36-38-58(39-37-55)73(59-40-42-60(74-6)43-41-59)46-44-64-67-66(61-28-20-21-29-62(61)68(64)75-73)63-30-22-23-31-65(63)72(67)49-47-71(48-50-72,56-24-16-14-17-25-56)57-26-18-15-19-27-57/h11,14-44,46H,1,12-13,45,47-52H2,2-10H3. The Morgan fingerprint density at radius 2 is 1.15 bits per heavy atom. The molecule has 0 radical (unpaired) electrons. The van der Waals surface area contributed by atoms with E-state index in [2.05, 4.69) is 255 Å². The maximum absolute atomic E-state index is 7.95. The van der Waals surface area contributed by atoms with E-state index in [-0.39, 0.29) is 21.1 Å². The summed E-state index contributed by atoms with van der Waals surface area (Å²) in [5.74, 6) is 1.78. The van der Waals surface area contributed by atoms with Crippen molar-refractivity contribution < 1.29 is 13.9 Å². The Hall–Kier alpha value is -6.51. The summed E-state index contributed by atoms with van der Waals surface area (Å²) in [6.07, 6.45) is 15.0. The van der Waals surface area contributed by atoms with E-state index in [0.717, 1.165) is 79.4 Å². The summed E-state index contributed by atoms with van der Waals surface area (Å²) in [7, 11) is -2.47. The molecule has 11 rings (SSSR count). The lowest BCUT2D eigenvalue weighted by Crippen LogP contribution is -2.61. The van der Waals surface area contributed by atoms with Gasteiger partial charge < -0.3 is 13.9 Å². The summed E-state index contributed by atoms with van der Waals surface area (Å²) in [4.78, 5) is 0. The van der Waals surface area contributed by atoms with Crippen molar-refractivity contribution in [3.05, 3.63) is 250 Å². The quantitative estimate of drug-likeness (QED) is 0.0851. The lowest BCUT2D eigenvalue weighted by atomic mass is 9.56. The molecule has 0 amide bonds. The van der Waals surface area contributed by atoms with Gasteiger partial charge in [-0.05, 0) is 144 Å². The Bertz CT molecular complexity index is 3440. The molecular weight excluding hydrogens is 981 g/mol. The topological polar surface area (TPSA) is 27.7 Å². The monoisotopic (exact) mass is 1060 g/mol. The lowest BCUT2D eigenvalue weighted by molar-refractivity contribution is 0.135. The van der Waals surface area contributed by atoms with Crippen LogP contribution in [0.2, 0.25) is 37.3 Å². The van der Waals surface area contributed by atoms with Crippen LogP contribution >= 0.6 is 0 Å². The number of fused-ring (bicyclic) bond motifs is 10. The van der Waals surface area contributed by atoms with Crippen LogP contribution in [0.1, 0.15) is 122 Å². The van der Waals surface area contributed by atoms with Gasteiger partial charge in [0.1, 0.15) is 11.5 Å². The smallest absolute Gasteiger partial charge is 0.193 e. The molecule has 1 heterocycles. The molecular formula is C73H80O3Si2. The van der Waals surface area contributed by atoms with E-state index >= 15 is 0 Å². The van der Waals surface area contributed by atoms with Crippen LogP contribution in [0.15, 0.2) is 195 Å². The second-order valence-electron chi connectivity index (χ2n) is 24.7. The predicted molar refractivity (Wildman–Crippen MR) is 334 cm³/mol. The molecule has 8 aromatic carbocycles. The number of rotatable bonds is 17. The van der Waals surface area contributed by atoms with Crippen molar-refractivity contribution in [3.63, 3.8) is 0 Å². The van der Waals surface area contributed by atoms with E-state index in [1.165, 1.54) is 67.1 Å². The summed E-state index contributed by atoms with van der Waals surface area (Å²) >= 11 is 0. The van der Waals surface area contributed by atoms with Crippen LogP contribution in [0.4, 0.5) is 0 Å². The Morgan fingerprint density at radius 1 is 0.603 bits per heavy atom. The average molecular weight is 1060 g/mol. The maximum Gasteiger partial charge on any atom is 0.193 e. The van der Waals surface area contributed by atoms with E-state index in [1.54, 1.807) is 7.11 Å². The molecule has 3 aliphatic rings. The minimum atomic E-state index is -2.33. The molecule has 398 valence electrons. The van der Waals surface area contributed by atoms with Crippen molar-refractivity contribution in [1.82, 2.24) is 0 Å². The zero-order valence-electron chi connectivity index (χ0n) is 47.8. The van der Waals surface area contributed by atoms with Crippen LogP contribution < -0.4 is 9.47 Å². The number of ether oxygens (including phenoxy) is 2. The molecule has 2 aliphatic carbocycles. The van der Waals surface area contributed by atoms with Crippen LogP contribution in [0.5, 0.6) is 11.5 Å². The molecule has 0 saturated heterocycles. The minimum absolute atomic E-state index is 0.00238. The zero-order valence-corrected chi connectivity index (χ0v) is 49.8. The van der Waals surface area contributed by atoms with Crippen molar-refractivity contribution in [2.24, 2.45) is 0 Å². The largest absolute Gasteiger partial charge is 0.497 e. The molecule has 1 aliphatic heterocycles. The van der Waals surface area contributed by atoms with Gasteiger partial charge in [0.05, 0.1) is 15.2 Å². The van der Waals surface area contributed by atoms with Gasteiger partial charge in [-0.3, -0.25) is 0 Å². The third-order valence-corrected chi connectivity index (χ3v) is 29.7. The first-order chi connectivity index (χ1) is 37.6. The van der Waals surface area contributed by atoms with Gasteiger partial charge in [-0.1, -0.05) is 235 Å². The summed E-state index contributed by atoms with van der Waals surface area (Å²) in [6.45, 7) is 23.7. The van der Waals surface area contributed by atoms with E-state index < -0.39 is 22.0 Å². The van der Waals surface area contributed by atoms with Crippen molar-refractivity contribution in [3.8, 4) is 22.6 Å². The number of benzene rings is 8. The van der Waals surface area contributed by atoms with E-state index in [0.29, 0.717) is 0 Å². The van der Waals surface area contributed by atoms with Crippen LogP contribution in [0.25, 0.3) is 34.1 Å². The van der Waals surface area contributed by atoms with Crippen molar-refractivity contribution in [1.29, 1.82) is 0 Å². The first-order valence-electron chi connectivity index (χ1n) is 28.9. The highest BCUT2D eigenvalue weighted by atomic mass is 28.4. The Balaban J connectivity index is 0.958. The number of methoxy groups -OCH3 is 1. The normalized spacial score (nSPS) is 18.7. The van der Waals surface area contributed by atoms with Crippen LogP contribution in [-0.2, 0) is 33.7 Å². The molecule has 8 aromatic rings. The number of hydrogen-bond acceptors (Lipinski definition) is 3. The molecule has 3 unspecified atom stereocenters.